The number of pyridine rings is 1. The van der Waals surface area contributed by atoms with E-state index in [1.807, 2.05) is 0 Å². The lowest BCUT2D eigenvalue weighted by Gasteiger charge is -2.40. The first-order chi connectivity index (χ1) is 11.8. The molecule has 138 valence electrons. The van der Waals surface area contributed by atoms with Gasteiger partial charge in [0.2, 0.25) is 0 Å². The third-order valence-electron chi connectivity index (χ3n) is 6.11. The molecule has 3 heterocycles. The molecule has 4 rings (SSSR count). The molecule has 3 nitrogen and oxygen atoms in total. The fraction of sp³-hybridized carbons (Fsp3) is 0.722. The van der Waals surface area contributed by atoms with E-state index < -0.39 is 22.7 Å². The zero-order valence-corrected chi connectivity index (χ0v) is 14.9. The average Bonchev–Trinajstić information content (AvgIpc) is 2.99. The molecule has 0 N–H and O–H groups in total. The van der Waals surface area contributed by atoms with Gasteiger partial charge in [-0.2, -0.15) is 13.2 Å². The lowest BCUT2D eigenvalue weighted by atomic mass is 9.81. The minimum absolute atomic E-state index is 0.285. The zero-order valence-electron chi connectivity index (χ0n) is 14.1. The second-order valence-electron chi connectivity index (χ2n) is 7.94. The molecule has 0 unspecified atom stereocenters. The summed E-state index contributed by atoms with van der Waals surface area (Å²) in [6.07, 6.45) is 2.45. The molecule has 1 aromatic rings. The van der Waals surface area contributed by atoms with Crippen LogP contribution in [0, 0.1) is 5.41 Å². The number of rotatable bonds is 2. The van der Waals surface area contributed by atoms with E-state index in [0.717, 1.165) is 68.3 Å². The predicted octanol–water partition coefficient (Wildman–Crippen LogP) is 3.58. The van der Waals surface area contributed by atoms with Crippen molar-refractivity contribution in [2.24, 2.45) is 5.41 Å². The molecule has 0 aromatic carbocycles. The standard InChI is InChI=1S/C18H23F3N2OS/c19-18(20,21)16-5-4-14(9-22-16)13-2-1-3-15(8-13)23-7-6-17(10-23)11-25(24)12-17/h4-5,9,13,15H,1-3,6-8,10-12H2/t13-,15+,17?,25?/m0/s1. The van der Waals surface area contributed by atoms with Gasteiger partial charge in [0.05, 0.1) is 0 Å². The van der Waals surface area contributed by atoms with E-state index in [4.69, 9.17) is 0 Å². The third kappa shape index (κ3) is 3.50. The van der Waals surface area contributed by atoms with Crippen molar-refractivity contribution < 1.29 is 17.4 Å². The fourth-order valence-corrected chi connectivity index (χ4v) is 6.52. The molecule has 2 aliphatic heterocycles. The minimum Gasteiger partial charge on any atom is -0.300 e. The van der Waals surface area contributed by atoms with Crippen LogP contribution in [0.1, 0.15) is 49.3 Å². The van der Waals surface area contributed by atoms with Crippen molar-refractivity contribution in [3.63, 3.8) is 0 Å². The van der Waals surface area contributed by atoms with Crippen LogP contribution < -0.4 is 0 Å². The average molecular weight is 372 g/mol. The summed E-state index contributed by atoms with van der Waals surface area (Å²) in [4.78, 5) is 6.17. The summed E-state index contributed by atoms with van der Waals surface area (Å²) in [6, 6.07) is 3.20. The van der Waals surface area contributed by atoms with E-state index in [9.17, 15) is 17.4 Å². The molecule has 25 heavy (non-hydrogen) atoms. The Balaban J connectivity index is 1.40. The summed E-state index contributed by atoms with van der Waals surface area (Å²) < 4.78 is 49.5. The van der Waals surface area contributed by atoms with Crippen LogP contribution >= 0.6 is 0 Å². The van der Waals surface area contributed by atoms with Gasteiger partial charge in [0.1, 0.15) is 5.69 Å². The largest absolute Gasteiger partial charge is 0.433 e. The van der Waals surface area contributed by atoms with Crippen LogP contribution in [-0.4, -0.2) is 44.7 Å². The minimum atomic E-state index is -4.37. The molecule has 2 saturated heterocycles. The van der Waals surface area contributed by atoms with Crippen LogP contribution in [0.25, 0.3) is 0 Å². The molecule has 3 aliphatic rings. The van der Waals surface area contributed by atoms with Crippen LogP contribution in [0.2, 0.25) is 0 Å². The molecular weight excluding hydrogens is 349 g/mol. The zero-order chi connectivity index (χ0) is 17.7. The quantitative estimate of drug-likeness (QED) is 0.796. The summed E-state index contributed by atoms with van der Waals surface area (Å²) in [7, 11) is -0.614. The molecule has 0 radical (unpaired) electrons. The van der Waals surface area contributed by atoms with Gasteiger partial charge in [0.25, 0.3) is 0 Å². The summed E-state index contributed by atoms with van der Waals surface area (Å²) in [5.74, 6) is 1.99. The van der Waals surface area contributed by atoms with Crippen molar-refractivity contribution >= 4 is 10.8 Å². The molecule has 3 fully saturated rings. The Morgan fingerprint density at radius 3 is 2.68 bits per heavy atom. The molecule has 1 spiro atoms. The summed E-state index contributed by atoms with van der Waals surface area (Å²) in [5.41, 5.74) is 0.396. The Bertz CT molecular complexity index is 653. The van der Waals surface area contributed by atoms with Crippen molar-refractivity contribution in [1.82, 2.24) is 9.88 Å². The van der Waals surface area contributed by atoms with E-state index >= 15 is 0 Å². The molecule has 1 aromatic heterocycles. The molecule has 2 atom stereocenters. The van der Waals surface area contributed by atoms with E-state index in [0.29, 0.717) is 12.0 Å². The molecule has 0 bridgehead atoms. The van der Waals surface area contributed by atoms with Crippen molar-refractivity contribution in [2.75, 3.05) is 24.6 Å². The number of hydrogen-bond donors (Lipinski definition) is 0. The van der Waals surface area contributed by atoms with Crippen LogP contribution in [0.5, 0.6) is 0 Å². The Morgan fingerprint density at radius 1 is 1.24 bits per heavy atom. The van der Waals surface area contributed by atoms with E-state index in [2.05, 4.69) is 9.88 Å². The topological polar surface area (TPSA) is 33.2 Å². The van der Waals surface area contributed by atoms with Gasteiger partial charge in [-0.25, -0.2) is 0 Å². The van der Waals surface area contributed by atoms with Crippen molar-refractivity contribution in [1.29, 1.82) is 0 Å². The molecule has 7 heteroatoms. The highest BCUT2D eigenvalue weighted by Gasteiger charge is 2.49. The lowest BCUT2D eigenvalue weighted by Crippen LogP contribution is -2.48. The van der Waals surface area contributed by atoms with E-state index in [-0.39, 0.29) is 5.41 Å². The number of aromatic nitrogens is 1. The monoisotopic (exact) mass is 372 g/mol. The first-order valence-electron chi connectivity index (χ1n) is 8.97. The van der Waals surface area contributed by atoms with Crippen LogP contribution in [0.3, 0.4) is 0 Å². The highest BCUT2D eigenvalue weighted by Crippen LogP contribution is 2.43. The normalized spacial score (nSPS) is 36.5. The maximum Gasteiger partial charge on any atom is 0.433 e. The summed E-state index contributed by atoms with van der Waals surface area (Å²) in [5, 5.41) is 0. The number of nitrogens with zero attached hydrogens (tertiary/aromatic N) is 2. The third-order valence-corrected chi connectivity index (χ3v) is 7.98. The van der Waals surface area contributed by atoms with Gasteiger partial charge < -0.3 is 0 Å². The molecule has 0 amide bonds. The van der Waals surface area contributed by atoms with Crippen molar-refractivity contribution in [3.05, 3.63) is 29.6 Å². The van der Waals surface area contributed by atoms with Crippen LogP contribution in [0.15, 0.2) is 18.3 Å². The lowest BCUT2D eigenvalue weighted by molar-refractivity contribution is -0.141. The maximum absolute atomic E-state index is 12.7. The molecule has 1 saturated carbocycles. The number of alkyl halides is 3. The number of likely N-dealkylation sites (tertiary alicyclic amines) is 1. The predicted molar refractivity (Wildman–Crippen MR) is 90.7 cm³/mol. The van der Waals surface area contributed by atoms with Gasteiger partial charge in [0.15, 0.2) is 0 Å². The SMILES string of the molecule is O=S1CC2(CCN([C@@H]3CCC[C@H](c4ccc(C(F)(F)F)nc4)C3)C2)C1. The fourth-order valence-electron chi connectivity index (χ4n) is 4.77. The maximum atomic E-state index is 12.7. The van der Waals surface area contributed by atoms with Gasteiger partial charge in [-0.15, -0.1) is 0 Å². The highest BCUT2D eigenvalue weighted by atomic mass is 32.2. The van der Waals surface area contributed by atoms with Gasteiger partial charge in [0, 0.05) is 46.5 Å². The second kappa shape index (κ2) is 6.34. The molecular formula is C18H23F3N2OS. The van der Waals surface area contributed by atoms with Crippen molar-refractivity contribution in [2.45, 2.75) is 50.2 Å². The van der Waals surface area contributed by atoms with Gasteiger partial charge in [-0.3, -0.25) is 14.1 Å². The smallest absolute Gasteiger partial charge is 0.300 e. The number of hydrogen-bond acceptors (Lipinski definition) is 3. The Labute approximate surface area is 148 Å². The van der Waals surface area contributed by atoms with Crippen LogP contribution in [0.4, 0.5) is 13.2 Å². The Hall–Kier alpha value is -0.950. The second-order valence-corrected chi connectivity index (χ2v) is 9.40. The molecule has 1 aliphatic carbocycles. The van der Waals surface area contributed by atoms with Gasteiger partial charge >= 0.3 is 6.18 Å². The van der Waals surface area contributed by atoms with Gasteiger partial charge in [-0.1, -0.05) is 12.5 Å². The first kappa shape index (κ1) is 17.5. The highest BCUT2D eigenvalue weighted by molar-refractivity contribution is 7.86. The van der Waals surface area contributed by atoms with Crippen LogP contribution in [-0.2, 0) is 17.0 Å². The van der Waals surface area contributed by atoms with Gasteiger partial charge in [-0.05, 0) is 49.8 Å². The van der Waals surface area contributed by atoms with E-state index in [1.54, 1.807) is 6.07 Å². The number of halogens is 3. The summed E-state index contributed by atoms with van der Waals surface area (Å²) in [6.45, 7) is 2.11. The van der Waals surface area contributed by atoms with Crippen molar-refractivity contribution in [3.8, 4) is 0 Å². The first-order valence-corrected chi connectivity index (χ1v) is 10.5. The summed E-state index contributed by atoms with van der Waals surface area (Å²) >= 11 is 0. The Morgan fingerprint density at radius 2 is 2.04 bits per heavy atom. The van der Waals surface area contributed by atoms with E-state index in [1.165, 1.54) is 6.20 Å². The Kier molecular flexibility index (Phi) is 4.43.